The molecule has 0 aliphatic carbocycles. The monoisotopic (exact) mass is 311 g/mol. The molecule has 5 heteroatoms. The Morgan fingerprint density at radius 2 is 1.87 bits per heavy atom. The number of nitrogens with one attached hydrogen (secondary N) is 1. The first-order valence-electron chi connectivity index (χ1n) is 7.70. The van der Waals surface area contributed by atoms with Crippen LogP contribution in [-0.2, 0) is 0 Å². The van der Waals surface area contributed by atoms with Crippen LogP contribution in [0.4, 0.5) is 5.69 Å². The van der Waals surface area contributed by atoms with E-state index in [1.807, 2.05) is 44.2 Å². The molecule has 0 spiro atoms. The molecule has 1 heterocycles. The van der Waals surface area contributed by atoms with E-state index < -0.39 is 0 Å². The predicted octanol–water partition coefficient (Wildman–Crippen LogP) is 3.92. The van der Waals surface area contributed by atoms with Gasteiger partial charge in [-0.3, -0.25) is 0 Å². The van der Waals surface area contributed by atoms with E-state index in [0.29, 0.717) is 18.9 Å². The highest BCUT2D eigenvalue weighted by Gasteiger charge is 2.11. The van der Waals surface area contributed by atoms with Gasteiger partial charge in [0.25, 0.3) is 0 Å². The Morgan fingerprint density at radius 3 is 2.48 bits per heavy atom. The molecule has 0 bridgehead atoms. The molecule has 0 amide bonds. The summed E-state index contributed by atoms with van der Waals surface area (Å²) >= 11 is 0. The summed E-state index contributed by atoms with van der Waals surface area (Å²) < 4.78 is 11.2. The zero-order valence-corrected chi connectivity index (χ0v) is 13.7. The average molecular weight is 311 g/mol. The number of nitriles is 1. The fraction of sp³-hybridized carbons (Fsp3) is 0.333. The highest BCUT2D eigenvalue weighted by atomic mass is 16.5. The van der Waals surface area contributed by atoms with Crippen LogP contribution in [0.15, 0.2) is 36.5 Å². The fourth-order valence-electron chi connectivity index (χ4n) is 2.22. The van der Waals surface area contributed by atoms with Crippen molar-refractivity contribution >= 4 is 5.69 Å². The van der Waals surface area contributed by atoms with Crippen molar-refractivity contribution in [2.24, 2.45) is 0 Å². The van der Waals surface area contributed by atoms with E-state index in [9.17, 15) is 0 Å². The van der Waals surface area contributed by atoms with Crippen LogP contribution in [0.5, 0.6) is 11.5 Å². The van der Waals surface area contributed by atoms with Crippen LogP contribution < -0.4 is 14.8 Å². The minimum absolute atomic E-state index is 0.0691. The first-order chi connectivity index (χ1) is 11.2. The van der Waals surface area contributed by atoms with Gasteiger partial charge in [-0.1, -0.05) is 6.07 Å². The molecule has 0 saturated carbocycles. The number of rotatable bonds is 7. The Kier molecular flexibility index (Phi) is 5.81. The largest absolute Gasteiger partial charge is 0.490 e. The van der Waals surface area contributed by atoms with Gasteiger partial charge in [0.1, 0.15) is 11.8 Å². The average Bonchev–Trinajstić information content (AvgIpc) is 2.57. The lowest BCUT2D eigenvalue weighted by Crippen LogP contribution is -2.08. The summed E-state index contributed by atoms with van der Waals surface area (Å²) in [6.07, 6.45) is 1.66. The summed E-state index contributed by atoms with van der Waals surface area (Å²) in [6, 6.07) is 11.6. The quantitative estimate of drug-likeness (QED) is 0.839. The molecule has 2 aromatic rings. The third-order valence-electron chi connectivity index (χ3n) is 3.33. The Labute approximate surface area is 136 Å². The van der Waals surface area contributed by atoms with Crippen molar-refractivity contribution in [3.63, 3.8) is 0 Å². The standard InChI is InChI=1S/C18H21N3O2/c1-4-22-17-9-6-14(10-18(17)23-5-2)13(3)21-16-8-7-15(11-19)20-12-16/h6-10,12-13,21H,4-5H2,1-3H3. The van der Waals surface area contributed by atoms with E-state index in [1.165, 1.54) is 0 Å². The van der Waals surface area contributed by atoms with Gasteiger partial charge in [-0.05, 0) is 50.6 Å². The summed E-state index contributed by atoms with van der Waals surface area (Å²) in [5.74, 6) is 1.50. The van der Waals surface area contributed by atoms with E-state index in [1.54, 1.807) is 12.3 Å². The minimum Gasteiger partial charge on any atom is -0.490 e. The second kappa shape index (κ2) is 8.04. The van der Waals surface area contributed by atoms with Crippen molar-refractivity contribution in [1.29, 1.82) is 5.26 Å². The van der Waals surface area contributed by atoms with Crippen molar-refractivity contribution in [1.82, 2.24) is 4.98 Å². The van der Waals surface area contributed by atoms with E-state index >= 15 is 0 Å². The third-order valence-corrected chi connectivity index (χ3v) is 3.33. The third kappa shape index (κ3) is 4.36. The van der Waals surface area contributed by atoms with Crippen molar-refractivity contribution in [3.05, 3.63) is 47.8 Å². The summed E-state index contributed by atoms with van der Waals surface area (Å²) in [4.78, 5) is 4.06. The molecule has 0 radical (unpaired) electrons. The SMILES string of the molecule is CCOc1ccc(C(C)Nc2ccc(C#N)nc2)cc1OCC. The number of benzene rings is 1. The summed E-state index contributed by atoms with van der Waals surface area (Å²) in [5.41, 5.74) is 2.35. The number of pyridine rings is 1. The van der Waals surface area contributed by atoms with Gasteiger partial charge in [-0.25, -0.2) is 4.98 Å². The first-order valence-corrected chi connectivity index (χ1v) is 7.70. The van der Waals surface area contributed by atoms with Gasteiger partial charge in [0, 0.05) is 6.04 Å². The highest BCUT2D eigenvalue weighted by molar-refractivity contribution is 5.48. The van der Waals surface area contributed by atoms with Crippen molar-refractivity contribution < 1.29 is 9.47 Å². The topological polar surface area (TPSA) is 67.2 Å². The Bertz CT molecular complexity index is 678. The predicted molar refractivity (Wildman–Crippen MR) is 89.8 cm³/mol. The molecule has 1 aromatic heterocycles. The zero-order valence-electron chi connectivity index (χ0n) is 13.7. The molecule has 0 aliphatic heterocycles. The molecular formula is C18H21N3O2. The Morgan fingerprint density at radius 1 is 1.13 bits per heavy atom. The van der Waals surface area contributed by atoms with E-state index in [4.69, 9.17) is 14.7 Å². The molecule has 23 heavy (non-hydrogen) atoms. The lowest BCUT2D eigenvalue weighted by molar-refractivity contribution is 0.287. The van der Waals surface area contributed by atoms with Gasteiger partial charge in [0.2, 0.25) is 0 Å². The van der Waals surface area contributed by atoms with Gasteiger partial charge >= 0.3 is 0 Å². The van der Waals surface area contributed by atoms with Gasteiger partial charge in [-0.2, -0.15) is 5.26 Å². The molecule has 1 unspecified atom stereocenters. The van der Waals surface area contributed by atoms with Gasteiger partial charge < -0.3 is 14.8 Å². The van der Waals surface area contributed by atoms with Crippen LogP contribution in [0, 0.1) is 11.3 Å². The van der Waals surface area contributed by atoms with Gasteiger partial charge in [-0.15, -0.1) is 0 Å². The summed E-state index contributed by atoms with van der Waals surface area (Å²) in [5, 5.41) is 12.1. The maximum absolute atomic E-state index is 8.78. The fourth-order valence-corrected chi connectivity index (χ4v) is 2.22. The van der Waals surface area contributed by atoms with Crippen LogP contribution in [0.25, 0.3) is 0 Å². The number of aromatic nitrogens is 1. The molecule has 0 saturated heterocycles. The second-order valence-corrected chi connectivity index (χ2v) is 4.98. The maximum atomic E-state index is 8.78. The van der Waals surface area contributed by atoms with Crippen LogP contribution in [0.1, 0.15) is 38.1 Å². The lowest BCUT2D eigenvalue weighted by Gasteiger charge is -2.18. The number of anilines is 1. The van der Waals surface area contributed by atoms with E-state index in [2.05, 4.69) is 17.2 Å². The molecule has 0 aliphatic rings. The smallest absolute Gasteiger partial charge is 0.161 e. The summed E-state index contributed by atoms with van der Waals surface area (Å²) in [6.45, 7) is 7.15. The molecule has 120 valence electrons. The minimum atomic E-state index is 0.0691. The van der Waals surface area contributed by atoms with Gasteiger partial charge in [0.15, 0.2) is 11.5 Å². The molecular weight excluding hydrogens is 290 g/mol. The molecule has 1 atom stereocenters. The number of hydrogen-bond acceptors (Lipinski definition) is 5. The van der Waals surface area contributed by atoms with E-state index in [0.717, 1.165) is 22.7 Å². The molecule has 1 N–H and O–H groups in total. The Balaban J connectivity index is 2.15. The zero-order chi connectivity index (χ0) is 16.7. The van der Waals surface area contributed by atoms with Crippen LogP contribution in [0.3, 0.4) is 0 Å². The number of nitrogens with zero attached hydrogens (tertiary/aromatic N) is 2. The maximum Gasteiger partial charge on any atom is 0.161 e. The van der Waals surface area contributed by atoms with Crippen molar-refractivity contribution in [2.45, 2.75) is 26.8 Å². The van der Waals surface area contributed by atoms with E-state index in [-0.39, 0.29) is 6.04 Å². The van der Waals surface area contributed by atoms with Crippen molar-refractivity contribution in [2.75, 3.05) is 18.5 Å². The van der Waals surface area contributed by atoms with Crippen molar-refractivity contribution in [3.8, 4) is 17.6 Å². The van der Waals surface area contributed by atoms with Crippen LogP contribution in [0.2, 0.25) is 0 Å². The molecule has 2 rings (SSSR count). The van der Waals surface area contributed by atoms with Crippen LogP contribution in [-0.4, -0.2) is 18.2 Å². The van der Waals surface area contributed by atoms with Crippen LogP contribution >= 0.6 is 0 Å². The summed E-state index contributed by atoms with van der Waals surface area (Å²) in [7, 11) is 0. The Hall–Kier alpha value is -2.74. The lowest BCUT2D eigenvalue weighted by atomic mass is 10.1. The number of hydrogen-bond donors (Lipinski definition) is 1. The second-order valence-electron chi connectivity index (χ2n) is 4.98. The number of ether oxygens (including phenoxy) is 2. The highest BCUT2D eigenvalue weighted by Crippen LogP contribution is 2.31. The first kappa shape index (κ1) is 16.6. The molecule has 0 fully saturated rings. The molecule has 5 nitrogen and oxygen atoms in total. The molecule has 1 aromatic carbocycles. The van der Waals surface area contributed by atoms with Gasteiger partial charge in [0.05, 0.1) is 25.1 Å². The normalized spacial score (nSPS) is 11.4.